The van der Waals surface area contributed by atoms with Crippen molar-refractivity contribution in [1.82, 2.24) is 4.57 Å². The molecule has 160 valence electrons. The van der Waals surface area contributed by atoms with Gasteiger partial charge in [-0.15, -0.1) is 0 Å². The molecule has 0 bridgehead atoms. The number of aryl methyl sites for hydroxylation is 1. The highest BCUT2D eigenvalue weighted by atomic mass is 32.1. The molecule has 0 fully saturated rings. The highest BCUT2D eigenvalue weighted by molar-refractivity contribution is 7.16. The van der Waals surface area contributed by atoms with Gasteiger partial charge in [-0.3, -0.25) is 9.59 Å². The fourth-order valence-corrected chi connectivity index (χ4v) is 4.41. The van der Waals surface area contributed by atoms with Crippen molar-refractivity contribution in [2.45, 2.75) is 26.8 Å². The Morgan fingerprint density at radius 3 is 2.74 bits per heavy atom. The minimum Gasteiger partial charge on any atom is -0.490 e. The van der Waals surface area contributed by atoms with Gasteiger partial charge in [0.2, 0.25) is 0 Å². The standard InChI is InChI=1S/C23H22N2O5S/c1-4-14-9-10-16-19(11-14)31-23(25(16)13-20(26)28-3)24-22(27)18-12-15-7-6-8-17(29-5-2)21(15)30-18/h6-12H,4-5,13H2,1-3H3. The smallest absolute Gasteiger partial charge is 0.325 e. The number of amides is 1. The number of esters is 1. The summed E-state index contributed by atoms with van der Waals surface area (Å²) in [6, 6.07) is 13.1. The number of rotatable bonds is 6. The number of thiazole rings is 1. The third-order valence-electron chi connectivity index (χ3n) is 4.89. The van der Waals surface area contributed by atoms with E-state index in [9.17, 15) is 9.59 Å². The van der Waals surface area contributed by atoms with Crippen molar-refractivity contribution >= 4 is 44.4 Å². The molecule has 0 unspecified atom stereocenters. The Bertz CT molecular complexity index is 1350. The molecule has 2 aromatic carbocycles. The lowest BCUT2D eigenvalue weighted by Gasteiger charge is -2.04. The van der Waals surface area contributed by atoms with Crippen LogP contribution in [-0.4, -0.2) is 30.2 Å². The minimum absolute atomic E-state index is 0.0390. The molecule has 0 aliphatic heterocycles. The average molecular weight is 439 g/mol. The number of aromatic nitrogens is 1. The van der Waals surface area contributed by atoms with Crippen LogP contribution in [0.3, 0.4) is 0 Å². The van der Waals surface area contributed by atoms with Crippen LogP contribution in [0.1, 0.15) is 30.0 Å². The van der Waals surface area contributed by atoms with Crippen LogP contribution >= 0.6 is 11.3 Å². The molecule has 0 radical (unpaired) electrons. The molecule has 0 spiro atoms. The third-order valence-corrected chi connectivity index (χ3v) is 5.93. The van der Waals surface area contributed by atoms with Crippen LogP contribution < -0.4 is 9.54 Å². The molecule has 0 atom stereocenters. The number of fused-ring (bicyclic) bond motifs is 2. The quantitative estimate of drug-likeness (QED) is 0.419. The average Bonchev–Trinajstić information content (AvgIpc) is 3.36. The molecule has 7 nitrogen and oxygen atoms in total. The summed E-state index contributed by atoms with van der Waals surface area (Å²) in [5.74, 6) is -0.259. The van der Waals surface area contributed by atoms with Crippen LogP contribution in [-0.2, 0) is 22.5 Å². The first-order chi connectivity index (χ1) is 15.0. The second-order valence-corrected chi connectivity index (χ2v) is 7.85. The Balaban J connectivity index is 1.81. The number of carbonyl (C=O) groups is 2. The van der Waals surface area contributed by atoms with Gasteiger partial charge in [0, 0.05) is 5.39 Å². The van der Waals surface area contributed by atoms with Crippen LogP contribution in [0.2, 0.25) is 0 Å². The van der Waals surface area contributed by atoms with E-state index < -0.39 is 11.9 Å². The Hall–Kier alpha value is -3.39. The number of hydrogen-bond acceptors (Lipinski definition) is 6. The van der Waals surface area contributed by atoms with Gasteiger partial charge in [-0.05, 0) is 43.2 Å². The zero-order valence-corrected chi connectivity index (χ0v) is 18.3. The number of carbonyl (C=O) groups excluding carboxylic acids is 2. The monoisotopic (exact) mass is 438 g/mol. The molecule has 0 aliphatic carbocycles. The van der Waals surface area contributed by atoms with Gasteiger partial charge in [-0.1, -0.05) is 36.5 Å². The molecular formula is C23H22N2O5S. The normalized spacial score (nSPS) is 11.9. The second kappa shape index (κ2) is 8.77. The van der Waals surface area contributed by atoms with Gasteiger partial charge in [0.1, 0.15) is 6.54 Å². The van der Waals surface area contributed by atoms with Gasteiger partial charge in [0.15, 0.2) is 21.9 Å². The van der Waals surface area contributed by atoms with Crippen molar-refractivity contribution in [3.05, 3.63) is 58.6 Å². The predicted molar refractivity (Wildman–Crippen MR) is 118 cm³/mol. The number of ether oxygens (including phenoxy) is 2. The van der Waals surface area contributed by atoms with Crippen LogP contribution in [0.15, 0.2) is 51.9 Å². The summed E-state index contributed by atoms with van der Waals surface area (Å²) in [6.07, 6.45) is 0.886. The van der Waals surface area contributed by atoms with E-state index in [1.807, 2.05) is 37.3 Å². The molecular weight excluding hydrogens is 416 g/mol. The first kappa shape index (κ1) is 20.9. The van der Waals surface area contributed by atoms with E-state index in [0.717, 1.165) is 27.6 Å². The van der Waals surface area contributed by atoms with Gasteiger partial charge >= 0.3 is 11.9 Å². The fraction of sp³-hybridized carbons (Fsp3) is 0.261. The molecule has 0 aliphatic rings. The number of benzene rings is 2. The SMILES string of the molecule is CCOc1cccc2cc(C(=O)N=c3sc4cc(CC)ccc4n3CC(=O)OC)oc12. The highest BCUT2D eigenvalue weighted by Gasteiger charge is 2.17. The zero-order valence-electron chi connectivity index (χ0n) is 17.5. The molecule has 4 aromatic rings. The van der Waals surface area contributed by atoms with E-state index in [2.05, 4.69) is 11.9 Å². The Morgan fingerprint density at radius 2 is 2.00 bits per heavy atom. The van der Waals surface area contributed by atoms with Crippen molar-refractivity contribution < 1.29 is 23.5 Å². The fourth-order valence-electron chi connectivity index (χ4n) is 3.32. The summed E-state index contributed by atoms with van der Waals surface area (Å²) in [7, 11) is 1.33. The summed E-state index contributed by atoms with van der Waals surface area (Å²) in [5.41, 5.74) is 2.49. The zero-order chi connectivity index (χ0) is 22.0. The molecule has 2 aromatic heterocycles. The Kier molecular flexibility index (Phi) is 5.90. The summed E-state index contributed by atoms with van der Waals surface area (Å²) < 4.78 is 18.8. The van der Waals surface area contributed by atoms with Crippen molar-refractivity contribution in [2.24, 2.45) is 4.99 Å². The molecule has 0 saturated heterocycles. The lowest BCUT2D eigenvalue weighted by Crippen LogP contribution is -2.22. The van der Waals surface area contributed by atoms with E-state index in [-0.39, 0.29) is 12.3 Å². The molecule has 4 rings (SSSR count). The van der Waals surface area contributed by atoms with E-state index in [1.165, 1.54) is 18.4 Å². The maximum Gasteiger partial charge on any atom is 0.325 e. The maximum atomic E-state index is 12.9. The molecule has 8 heteroatoms. The minimum atomic E-state index is -0.528. The van der Waals surface area contributed by atoms with E-state index in [0.29, 0.717) is 22.7 Å². The number of para-hydroxylation sites is 1. The molecule has 1 amide bonds. The van der Waals surface area contributed by atoms with Crippen molar-refractivity contribution in [3.63, 3.8) is 0 Å². The van der Waals surface area contributed by atoms with Crippen LogP contribution in [0, 0.1) is 0 Å². The predicted octanol–water partition coefficient (Wildman–Crippen LogP) is 4.32. The number of furan rings is 1. The van der Waals surface area contributed by atoms with E-state index in [4.69, 9.17) is 13.9 Å². The Labute approximate surface area is 182 Å². The van der Waals surface area contributed by atoms with Gasteiger partial charge in [0.05, 0.1) is 23.9 Å². The first-order valence-corrected chi connectivity index (χ1v) is 10.8. The number of nitrogens with zero attached hydrogens (tertiary/aromatic N) is 2. The summed E-state index contributed by atoms with van der Waals surface area (Å²) in [4.78, 5) is 29.6. The first-order valence-electron chi connectivity index (χ1n) is 9.97. The van der Waals surface area contributed by atoms with Gasteiger partial charge in [-0.25, -0.2) is 0 Å². The summed E-state index contributed by atoms with van der Waals surface area (Å²) in [6.45, 7) is 4.41. The third kappa shape index (κ3) is 4.11. The molecule has 31 heavy (non-hydrogen) atoms. The topological polar surface area (TPSA) is 83.0 Å². The molecule has 0 N–H and O–H groups in total. The van der Waals surface area contributed by atoms with Crippen molar-refractivity contribution in [1.29, 1.82) is 0 Å². The van der Waals surface area contributed by atoms with E-state index in [1.54, 1.807) is 16.7 Å². The van der Waals surface area contributed by atoms with Crippen LogP contribution in [0.5, 0.6) is 5.75 Å². The van der Waals surface area contributed by atoms with Crippen molar-refractivity contribution in [2.75, 3.05) is 13.7 Å². The van der Waals surface area contributed by atoms with Gasteiger partial charge in [-0.2, -0.15) is 4.99 Å². The lowest BCUT2D eigenvalue weighted by molar-refractivity contribution is -0.141. The number of hydrogen-bond donors (Lipinski definition) is 0. The van der Waals surface area contributed by atoms with Crippen LogP contribution in [0.4, 0.5) is 0 Å². The van der Waals surface area contributed by atoms with Crippen LogP contribution in [0.25, 0.3) is 21.2 Å². The lowest BCUT2D eigenvalue weighted by atomic mass is 10.2. The van der Waals surface area contributed by atoms with E-state index >= 15 is 0 Å². The highest BCUT2D eigenvalue weighted by Crippen LogP contribution is 2.29. The second-order valence-electron chi connectivity index (χ2n) is 6.84. The maximum absolute atomic E-state index is 12.9. The molecule has 0 saturated carbocycles. The van der Waals surface area contributed by atoms with Gasteiger partial charge in [0.25, 0.3) is 0 Å². The summed E-state index contributed by atoms with van der Waals surface area (Å²) >= 11 is 1.35. The molecule has 2 heterocycles. The Morgan fingerprint density at radius 1 is 1.16 bits per heavy atom. The number of methoxy groups -OCH3 is 1. The largest absolute Gasteiger partial charge is 0.490 e. The van der Waals surface area contributed by atoms with Gasteiger partial charge < -0.3 is 18.5 Å². The summed E-state index contributed by atoms with van der Waals surface area (Å²) in [5, 5.41) is 0.760. The van der Waals surface area contributed by atoms with Crippen molar-refractivity contribution in [3.8, 4) is 5.75 Å².